The molecule has 1 atom stereocenters. The number of nitrogen functional groups attached to an aromatic ring is 1. The van der Waals surface area contributed by atoms with E-state index in [4.69, 9.17) is 22.3 Å². The maximum Gasteiger partial charge on any atom is 0.267 e. The van der Waals surface area contributed by atoms with Crippen molar-refractivity contribution in [2.24, 2.45) is 0 Å². The summed E-state index contributed by atoms with van der Waals surface area (Å²) in [6.07, 6.45) is 3.27. The molecule has 0 radical (unpaired) electrons. The maximum atomic E-state index is 13.9. The lowest BCUT2D eigenvalue weighted by Crippen LogP contribution is -2.32. The highest BCUT2D eigenvalue weighted by Crippen LogP contribution is 2.38. The van der Waals surface area contributed by atoms with Gasteiger partial charge in [-0.25, -0.2) is 9.97 Å². The number of nitrogens with zero attached hydrogens (tertiary/aromatic N) is 6. The molecule has 0 bridgehead atoms. The van der Waals surface area contributed by atoms with Gasteiger partial charge in [-0.3, -0.25) is 9.36 Å². The predicted octanol–water partition coefficient (Wildman–Crippen LogP) is 3.94. The normalized spacial score (nSPS) is 16.1. The van der Waals surface area contributed by atoms with Gasteiger partial charge in [-0.1, -0.05) is 35.9 Å². The summed E-state index contributed by atoms with van der Waals surface area (Å²) >= 11 is 6.46. The number of rotatable bonds is 3. The third-order valence-electron chi connectivity index (χ3n) is 6.33. The van der Waals surface area contributed by atoms with Crippen LogP contribution in [0.15, 0.2) is 53.6 Å². The van der Waals surface area contributed by atoms with Gasteiger partial charge in [0.25, 0.3) is 5.56 Å². The smallest absolute Gasteiger partial charge is 0.267 e. The second-order valence-corrected chi connectivity index (χ2v) is 8.79. The van der Waals surface area contributed by atoms with Crippen molar-refractivity contribution in [3.8, 4) is 5.69 Å². The minimum absolute atomic E-state index is 0.159. The molecule has 9 nitrogen and oxygen atoms in total. The zero-order valence-corrected chi connectivity index (χ0v) is 19.1. The average Bonchev–Trinajstić information content (AvgIpc) is 3.49. The number of imidazole rings is 1. The molecular formula is C24H21ClN8O. The molecule has 0 unspecified atom stereocenters. The Hall–Kier alpha value is -3.98. The molecule has 4 heterocycles. The first-order valence-electron chi connectivity index (χ1n) is 11.0. The van der Waals surface area contributed by atoms with Crippen LogP contribution in [-0.4, -0.2) is 36.0 Å². The van der Waals surface area contributed by atoms with Crippen LogP contribution in [0.3, 0.4) is 0 Å². The number of aryl methyl sites for hydroxylation is 1. The largest absolute Gasteiger partial charge is 0.368 e. The van der Waals surface area contributed by atoms with Gasteiger partial charge in [-0.05, 0) is 43.5 Å². The zero-order valence-electron chi connectivity index (χ0n) is 18.4. The van der Waals surface area contributed by atoms with Crippen LogP contribution in [0.4, 0.5) is 11.8 Å². The topological polar surface area (TPSA) is 119 Å². The summed E-state index contributed by atoms with van der Waals surface area (Å²) in [5, 5.41) is 0.788. The van der Waals surface area contributed by atoms with Crippen LogP contribution < -0.4 is 16.2 Å². The van der Waals surface area contributed by atoms with E-state index in [1.54, 1.807) is 17.0 Å². The van der Waals surface area contributed by atoms with Crippen LogP contribution in [0.25, 0.3) is 27.8 Å². The van der Waals surface area contributed by atoms with E-state index in [1.807, 2.05) is 43.3 Å². The summed E-state index contributed by atoms with van der Waals surface area (Å²) in [6.45, 7) is 2.70. The summed E-state index contributed by atoms with van der Waals surface area (Å²) in [5.74, 6) is 1.42. The van der Waals surface area contributed by atoms with Crippen molar-refractivity contribution in [3.05, 3.63) is 75.6 Å². The van der Waals surface area contributed by atoms with E-state index in [9.17, 15) is 4.79 Å². The van der Waals surface area contributed by atoms with E-state index in [-0.39, 0.29) is 17.5 Å². The molecule has 3 aromatic heterocycles. The molecule has 1 aliphatic rings. The first kappa shape index (κ1) is 20.6. The Morgan fingerprint density at radius 3 is 2.82 bits per heavy atom. The highest BCUT2D eigenvalue weighted by molar-refractivity contribution is 6.35. The molecule has 34 heavy (non-hydrogen) atoms. The lowest BCUT2D eigenvalue weighted by atomic mass is 10.1. The monoisotopic (exact) mass is 472 g/mol. The SMILES string of the molecule is Cc1ccccc1-n1c([C@@H]2CCCN2c2nc(N)nc3[nH]cnc23)nc2cccc(Cl)c2c1=O. The number of H-pyrrole nitrogens is 1. The van der Waals surface area contributed by atoms with Gasteiger partial charge in [0.15, 0.2) is 17.0 Å². The first-order chi connectivity index (χ1) is 16.5. The second kappa shape index (κ2) is 7.81. The Morgan fingerprint density at radius 2 is 1.97 bits per heavy atom. The molecule has 5 aromatic rings. The summed E-state index contributed by atoms with van der Waals surface area (Å²) in [5.41, 5.74) is 9.32. The number of benzene rings is 2. The van der Waals surface area contributed by atoms with Gasteiger partial charge in [0.05, 0.1) is 34.0 Å². The lowest BCUT2D eigenvalue weighted by Gasteiger charge is -2.28. The molecule has 6 rings (SSSR count). The van der Waals surface area contributed by atoms with Gasteiger partial charge in [-0.2, -0.15) is 9.97 Å². The number of nitrogens with two attached hydrogens (primary N) is 1. The Labute approximate surface area is 199 Å². The first-order valence-corrected chi connectivity index (χ1v) is 11.4. The summed E-state index contributed by atoms with van der Waals surface area (Å²) < 4.78 is 1.69. The van der Waals surface area contributed by atoms with Crippen molar-refractivity contribution in [2.45, 2.75) is 25.8 Å². The molecule has 0 amide bonds. The summed E-state index contributed by atoms with van der Waals surface area (Å²) in [6, 6.07) is 12.9. The summed E-state index contributed by atoms with van der Waals surface area (Å²) in [7, 11) is 0. The Balaban J connectivity index is 1.64. The third kappa shape index (κ3) is 3.12. The second-order valence-electron chi connectivity index (χ2n) is 8.39. The van der Waals surface area contributed by atoms with Crippen molar-refractivity contribution >= 4 is 45.4 Å². The lowest BCUT2D eigenvalue weighted by molar-refractivity contribution is 0.633. The average molecular weight is 473 g/mol. The van der Waals surface area contributed by atoms with Crippen molar-refractivity contribution in [3.63, 3.8) is 0 Å². The van der Waals surface area contributed by atoms with Crippen LogP contribution in [0.1, 0.15) is 30.3 Å². The molecule has 0 saturated carbocycles. The summed E-state index contributed by atoms with van der Waals surface area (Å²) in [4.78, 5) is 37.2. The number of fused-ring (bicyclic) bond motifs is 2. The molecule has 1 aliphatic heterocycles. The van der Waals surface area contributed by atoms with Crippen LogP contribution in [0, 0.1) is 6.92 Å². The molecule has 0 spiro atoms. The highest BCUT2D eigenvalue weighted by atomic mass is 35.5. The highest BCUT2D eigenvalue weighted by Gasteiger charge is 2.34. The van der Waals surface area contributed by atoms with Crippen LogP contribution >= 0.6 is 11.6 Å². The predicted molar refractivity (Wildman–Crippen MR) is 133 cm³/mol. The van der Waals surface area contributed by atoms with Crippen molar-refractivity contribution < 1.29 is 0 Å². The molecule has 2 aromatic carbocycles. The van der Waals surface area contributed by atoms with Crippen molar-refractivity contribution in [2.75, 3.05) is 17.2 Å². The number of aromatic nitrogens is 6. The van der Waals surface area contributed by atoms with Crippen molar-refractivity contribution in [1.29, 1.82) is 0 Å². The molecule has 0 aliphatic carbocycles. The van der Waals surface area contributed by atoms with Gasteiger partial charge < -0.3 is 15.6 Å². The van der Waals surface area contributed by atoms with Gasteiger partial charge in [-0.15, -0.1) is 0 Å². The van der Waals surface area contributed by atoms with E-state index in [0.717, 1.165) is 30.6 Å². The molecule has 1 saturated heterocycles. The minimum Gasteiger partial charge on any atom is -0.368 e. The fraction of sp³-hybridized carbons (Fsp3) is 0.208. The van der Waals surface area contributed by atoms with Crippen LogP contribution in [0.2, 0.25) is 5.02 Å². The Kier molecular flexibility index (Phi) is 4.73. The van der Waals surface area contributed by atoms with Crippen molar-refractivity contribution in [1.82, 2.24) is 29.5 Å². The number of halogens is 1. The molecule has 10 heteroatoms. The number of para-hydroxylation sites is 1. The quantitative estimate of drug-likeness (QED) is 0.408. The molecule has 170 valence electrons. The maximum absolute atomic E-state index is 13.9. The third-order valence-corrected chi connectivity index (χ3v) is 6.64. The molecule has 3 N–H and O–H groups in total. The standard InChI is InChI=1S/C24H21ClN8O/c1-13-6-2-3-9-16(13)33-21(29-15-8-4-7-14(25)18(15)23(33)34)17-10-5-11-32(17)22-19-20(28-12-27-19)30-24(26)31-22/h2-4,6-9,12,17H,5,10-11H2,1H3,(H3,26,27,28,30,31)/t17-/m0/s1. The molecular weight excluding hydrogens is 452 g/mol. The van der Waals surface area contributed by atoms with E-state index >= 15 is 0 Å². The Bertz CT molecular complexity index is 1630. The van der Waals surface area contributed by atoms with Gasteiger partial charge in [0.1, 0.15) is 5.82 Å². The van der Waals surface area contributed by atoms with E-state index in [0.29, 0.717) is 38.7 Å². The zero-order chi connectivity index (χ0) is 23.4. The number of aromatic amines is 1. The van der Waals surface area contributed by atoms with E-state index in [2.05, 4.69) is 24.8 Å². The fourth-order valence-electron chi connectivity index (χ4n) is 4.80. The van der Waals surface area contributed by atoms with E-state index in [1.165, 1.54) is 0 Å². The number of anilines is 2. The fourth-order valence-corrected chi connectivity index (χ4v) is 5.05. The number of hydrogen-bond donors (Lipinski definition) is 2. The van der Waals surface area contributed by atoms with Crippen LogP contribution in [0.5, 0.6) is 0 Å². The molecule has 1 fully saturated rings. The Morgan fingerprint density at radius 1 is 1.12 bits per heavy atom. The van der Waals surface area contributed by atoms with Crippen LogP contribution in [-0.2, 0) is 0 Å². The van der Waals surface area contributed by atoms with Gasteiger partial charge in [0, 0.05) is 6.54 Å². The van der Waals surface area contributed by atoms with Gasteiger partial charge in [0.2, 0.25) is 5.95 Å². The minimum atomic E-state index is -0.218. The van der Waals surface area contributed by atoms with Gasteiger partial charge >= 0.3 is 0 Å². The van der Waals surface area contributed by atoms with E-state index < -0.39 is 0 Å². The number of hydrogen-bond acceptors (Lipinski definition) is 7. The number of nitrogens with one attached hydrogen (secondary N) is 1.